The number of primary amides is 1. The quantitative estimate of drug-likeness (QED) is 0.720. The minimum Gasteiger partial charge on any atom is -0.368 e. The van der Waals surface area contributed by atoms with E-state index in [0.717, 1.165) is 25.7 Å². The van der Waals surface area contributed by atoms with Gasteiger partial charge in [0.05, 0.1) is 0 Å². The van der Waals surface area contributed by atoms with E-state index < -0.39 is 11.9 Å². The van der Waals surface area contributed by atoms with E-state index in [4.69, 9.17) is 5.73 Å². The number of carbonyl (C=O) groups is 2. The molecule has 3 N–H and O–H groups in total. The average molecular weight is 318 g/mol. The number of nitrogens with two attached hydrogens (primary N) is 1. The molecule has 4 nitrogen and oxygen atoms in total. The Hall–Kier alpha value is -1.84. The van der Waals surface area contributed by atoms with Crippen LogP contribution in [0.15, 0.2) is 24.3 Å². The highest BCUT2D eigenvalue weighted by molar-refractivity contribution is 5.97. The fraction of sp³-hybridized carbons (Fsp3) is 0.579. The van der Waals surface area contributed by atoms with Crippen molar-refractivity contribution in [2.24, 2.45) is 5.73 Å². The Bertz CT molecular complexity index is 515. The van der Waals surface area contributed by atoms with Gasteiger partial charge in [-0.25, -0.2) is 0 Å². The van der Waals surface area contributed by atoms with Crippen molar-refractivity contribution in [3.63, 3.8) is 0 Å². The topological polar surface area (TPSA) is 72.2 Å². The number of carbonyl (C=O) groups excluding carboxylic acids is 2. The monoisotopic (exact) mass is 318 g/mol. The summed E-state index contributed by atoms with van der Waals surface area (Å²) in [6, 6.07) is 6.91. The lowest BCUT2D eigenvalue weighted by Crippen LogP contribution is -2.44. The third-order valence-corrected chi connectivity index (χ3v) is 4.01. The van der Waals surface area contributed by atoms with Crippen molar-refractivity contribution >= 4 is 11.8 Å². The Balaban J connectivity index is 2.66. The number of hydrogen-bond acceptors (Lipinski definition) is 2. The van der Waals surface area contributed by atoms with Crippen LogP contribution in [0.25, 0.3) is 0 Å². The minimum atomic E-state index is -0.596. The van der Waals surface area contributed by atoms with E-state index in [1.165, 1.54) is 5.56 Å². The molecule has 0 spiro atoms. The lowest BCUT2D eigenvalue weighted by atomic mass is 9.86. The van der Waals surface area contributed by atoms with Crippen molar-refractivity contribution in [2.45, 2.75) is 71.3 Å². The van der Waals surface area contributed by atoms with Gasteiger partial charge in [-0.2, -0.15) is 0 Å². The average Bonchev–Trinajstić information content (AvgIpc) is 2.49. The second-order valence-corrected chi connectivity index (χ2v) is 7.11. The summed E-state index contributed by atoms with van der Waals surface area (Å²) in [4.78, 5) is 23.8. The lowest BCUT2D eigenvalue weighted by molar-refractivity contribution is -0.120. The van der Waals surface area contributed by atoms with Crippen LogP contribution in [0.5, 0.6) is 0 Å². The second kappa shape index (κ2) is 8.70. The molecule has 0 saturated carbocycles. The molecule has 0 aliphatic rings. The van der Waals surface area contributed by atoms with Crippen molar-refractivity contribution in [2.75, 3.05) is 0 Å². The molecule has 4 heteroatoms. The third kappa shape index (κ3) is 6.43. The molecule has 0 aromatic heterocycles. The standard InChI is InChI=1S/C19H30N2O2/c1-5-6-7-8-9-16(17(20)22)21-18(23)14-10-12-15(13-11-14)19(2,3)4/h10-13,16H,5-9H2,1-4H3,(H2,20,22)(H,21,23)/t16-/m1/s1. The Morgan fingerprint density at radius 1 is 1.09 bits per heavy atom. The Morgan fingerprint density at radius 3 is 2.17 bits per heavy atom. The van der Waals surface area contributed by atoms with Crippen molar-refractivity contribution in [3.05, 3.63) is 35.4 Å². The molecule has 0 bridgehead atoms. The molecule has 0 unspecified atom stereocenters. The molecule has 0 heterocycles. The maximum atomic E-state index is 12.3. The van der Waals surface area contributed by atoms with Gasteiger partial charge in [-0.3, -0.25) is 9.59 Å². The van der Waals surface area contributed by atoms with Crippen LogP contribution in [-0.4, -0.2) is 17.9 Å². The number of unbranched alkanes of at least 4 members (excludes halogenated alkanes) is 3. The molecular weight excluding hydrogens is 288 g/mol. The van der Waals surface area contributed by atoms with Gasteiger partial charge in [0.2, 0.25) is 5.91 Å². The first kappa shape index (κ1) is 19.2. The Labute approximate surface area is 139 Å². The van der Waals surface area contributed by atoms with Crippen LogP contribution in [0, 0.1) is 0 Å². The van der Waals surface area contributed by atoms with Crippen molar-refractivity contribution in [3.8, 4) is 0 Å². The predicted octanol–water partition coefficient (Wildman–Crippen LogP) is 3.54. The van der Waals surface area contributed by atoms with Gasteiger partial charge in [0, 0.05) is 5.56 Å². The van der Waals surface area contributed by atoms with Gasteiger partial charge >= 0.3 is 0 Å². The molecule has 1 aromatic rings. The van der Waals surface area contributed by atoms with Gasteiger partial charge in [-0.05, 0) is 29.5 Å². The number of nitrogens with one attached hydrogen (secondary N) is 1. The van der Waals surface area contributed by atoms with Gasteiger partial charge in [0.15, 0.2) is 0 Å². The highest BCUT2D eigenvalue weighted by Crippen LogP contribution is 2.22. The maximum absolute atomic E-state index is 12.3. The van der Waals surface area contributed by atoms with E-state index in [0.29, 0.717) is 12.0 Å². The Kier molecular flexibility index (Phi) is 7.27. The Morgan fingerprint density at radius 2 is 1.70 bits per heavy atom. The van der Waals surface area contributed by atoms with Crippen molar-refractivity contribution in [1.82, 2.24) is 5.32 Å². The SMILES string of the molecule is CCCCCC[C@@H](NC(=O)c1ccc(C(C)(C)C)cc1)C(N)=O. The van der Waals surface area contributed by atoms with Gasteiger partial charge in [0.25, 0.3) is 5.91 Å². The normalized spacial score (nSPS) is 12.7. The summed E-state index contributed by atoms with van der Waals surface area (Å²) >= 11 is 0. The van der Waals surface area contributed by atoms with Crippen LogP contribution < -0.4 is 11.1 Å². The van der Waals surface area contributed by atoms with Crippen LogP contribution in [0.3, 0.4) is 0 Å². The zero-order valence-electron chi connectivity index (χ0n) is 14.8. The summed E-state index contributed by atoms with van der Waals surface area (Å²) in [5.74, 6) is -0.717. The molecule has 1 rings (SSSR count). The first-order chi connectivity index (χ1) is 10.8. The molecule has 0 radical (unpaired) electrons. The summed E-state index contributed by atoms with van der Waals surface area (Å²) in [6.45, 7) is 8.51. The first-order valence-corrected chi connectivity index (χ1v) is 8.46. The van der Waals surface area contributed by atoms with E-state index >= 15 is 0 Å². The zero-order valence-corrected chi connectivity index (χ0v) is 14.8. The fourth-order valence-corrected chi connectivity index (χ4v) is 2.42. The molecule has 0 aliphatic heterocycles. The molecule has 1 atom stereocenters. The molecule has 0 aliphatic carbocycles. The summed E-state index contributed by atoms with van der Waals surface area (Å²) in [7, 11) is 0. The van der Waals surface area contributed by atoms with Crippen molar-refractivity contribution in [1.29, 1.82) is 0 Å². The summed E-state index contributed by atoms with van der Waals surface area (Å²) in [5.41, 5.74) is 7.17. The van der Waals surface area contributed by atoms with E-state index in [2.05, 4.69) is 33.0 Å². The van der Waals surface area contributed by atoms with Crippen LogP contribution in [-0.2, 0) is 10.2 Å². The van der Waals surface area contributed by atoms with Gasteiger partial charge in [-0.1, -0.05) is 65.5 Å². The van der Waals surface area contributed by atoms with Crippen LogP contribution >= 0.6 is 0 Å². The molecular formula is C19H30N2O2. The van der Waals surface area contributed by atoms with E-state index in [1.807, 2.05) is 12.1 Å². The summed E-state index contributed by atoms with van der Waals surface area (Å²) in [6.07, 6.45) is 4.81. The van der Waals surface area contributed by atoms with E-state index in [1.54, 1.807) is 12.1 Å². The molecule has 0 saturated heterocycles. The number of amides is 2. The van der Waals surface area contributed by atoms with Crippen LogP contribution in [0.2, 0.25) is 0 Å². The highest BCUT2D eigenvalue weighted by Gasteiger charge is 2.19. The molecule has 1 aromatic carbocycles. The first-order valence-electron chi connectivity index (χ1n) is 8.46. The predicted molar refractivity (Wildman–Crippen MR) is 94.3 cm³/mol. The number of hydrogen-bond donors (Lipinski definition) is 2. The van der Waals surface area contributed by atoms with E-state index in [9.17, 15) is 9.59 Å². The lowest BCUT2D eigenvalue weighted by Gasteiger charge is -2.19. The summed E-state index contributed by atoms with van der Waals surface area (Å²) < 4.78 is 0. The smallest absolute Gasteiger partial charge is 0.251 e. The van der Waals surface area contributed by atoms with Crippen molar-refractivity contribution < 1.29 is 9.59 Å². The van der Waals surface area contributed by atoms with Crippen LogP contribution in [0.1, 0.15) is 75.7 Å². The molecule has 0 fully saturated rings. The fourth-order valence-electron chi connectivity index (χ4n) is 2.42. The van der Waals surface area contributed by atoms with Gasteiger partial charge in [-0.15, -0.1) is 0 Å². The summed E-state index contributed by atoms with van der Waals surface area (Å²) in [5, 5.41) is 2.75. The maximum Gasteiger partial charge on any atom is 0.251 e. The van der Waals surface area contributed by atoms with Gasteiger partial charge < -0.3 is 11.1 Å². The second-order valence-electron chi connectivity index (χ2n) is 7.11. The highest BCUT2D eigenvalue weighted by atomic mass is 16.2. The van der Waals surface area contributed by atoms with Gasteiger partial charge in [0.1, 0.15) is 6.04 Å². The molecule has 128 valence electrons. The number of benzene rings is 1. The third-order valence-electron chi connectivity index (χ3n) is 4.01. The number of rotatable bonds is 8. The molecule has 2 amide bonds. The van der Waals surface area contributed by atoms with E-state index in [-0.39, 0.29) is 11.3 Å². The molecule has 23 heavy (non-hydrogen) atoms. The zero-order chi connectivity index (χ0) is 17.5. The van der Waals surface area contributed by atoms with Crippen LogP contribution in [0.4, 0.5) is 0 Å². The largest absolute Gasteiger partial charge is 0.368 e. The minimum absolute atomic E-state index is 0.0457.